The summed E-state index contributed by atoms with van der Waals surface area (Å²) in [4.78, 5) is 17.0. The molecule has 176 valence electrons. The predicted octanol–water partition coefficient (Wildman–Crippen LogP) is 3.79. The van der Waals surface area contributed by atoms with Crippen molar-refractivity contribution in [3.8, 4) is 0 Å². The summed E-state index contributed by atoms with van der Waals surface area (Å²) in [5, 5.41) is 13.8. The van der Waals surface area contributed by atoms with E-state index in [0.29, 0.717) is 19.7 Å². The smallest absolute Gasteiger partial charge is 0.253 e. The van der Waals surface area contributed by atoms with Crippen molar-refractivity contribution in [2.24, 2.45) is 4.99 Å². The van der Waals surface area contributed by atoms with Crippen LogP contribution in [0.5, 0.6) is 0 Å². The molecule has 1 aromatic carbocycles. The number of amides is 1. The second kappa shape index (κ2) is 13.4. The molecule has 9 heteroatoms. The lowest BCUT2D eigenvalue weighted by molar-refractivity contribution is -0.124. The van der Waals surface area contributed by atoms with E-state index >= 15 is 0 Å². The fourth-order valence-electron chi connectivity index (χ4n) is 3.58. The highest BCUT2D eigenvalue weighted by molar-refractivity contribution is 14.0. The summed E-state index contributed by atoms with van der Waals surface area (Å²) < 4.78 is 10.9. The lowest BCUT2D eigenvalue weighted by Gasteiger charge is -2.13. The van der Waals surface area contributed by atoms with E-state index in [9.17, 15) is 4.79 Å². The molecule has 1 aliphatic heterocycles. The Kier molecular flexibility index (Phi) is 10.9. The van der Waals surface area contributed by atoms with Crippen LogP contribution in [0, 0.1) is 0 Å². The minimum absolute atomic E-state index is 0. The zero-order chi connectivity index (χ0) is 22.1. The average Bonchev–Trinajstić information content (AvgIpc) is 3.45. The summed E-state index contributed by atoms with van der Waals surface area (Å²) in [6.45, 7) is 8.68. The molecule has 8 nitrogen and oxygen atoms in total. The lowest BCUT2D eigenvalue weighted by atomic mass is 10.1. The molecular formula is C23H34IN5O3. The molecular weight excluding hydrogens is 521 g/mol. The molecule has 3 rings (SSSR count). The first-order valence-corrected chi connectivity index (χ1v) is 11.1. The van der Waals surface area contributed by atoms with Crippen LogP contribution >= 0.6 is 24.0 Å². The number of nitrogens with one attached hydrogen (secondary N) is 3. The quantitative estimate of drug-likeness (QED) is 0.247. The number of ether oxygens (including phenoxy) is 1. The molecule has 1 atom stereocenters. The highest BCUT2D eigenvalue weighted by Gasteiger charge is 2.23. The molecule has 0 aliphatic carbocycles. The minimum atomic E-state index is -0.343. The van der Waals surface area contributed by atoms with Crippen LogP contribution in [-0.4, -0.2) is 36.3 Å². The summed E-state index contributed by atoms with van der Waals surface area (Å²) in [6, 6.07) is 7.76. The number of aryl methyl sites for hydroxylation is 2. The third kappa shape index (κ3) is 7.19. The van der Waals surface area contributed by atoms with Crippen molar-refractivity contribution >= 4 is 41.5 Å². The van der Waals surface area contributed by atoms with Crippen molar-refractivity contribution in [2.75, 3.05) is 18.5 Å². The van der Waals surface area contributed by atoms with Gasteiger partial charge in [0, 0.05) is 37.4 Å². The topological polar surface area (TPSA) is 101 Å². The van der Waals surface area contributed by atoms with E-state index in [1.54, 1.807) is 0 Å². The fraction of sp³-hybridized carbons (Fsp3) is 0.522. The highest BCUT2D eigenvalue weighted by atomic mass is 127. The molecule has 1 amide bonds. The Morgan fingerprint density at radius 3 is 2.75 bits per heavy atom. The first kappa shape index (κ1) is 26.1. The number of rotatable bonds is 9. The van der Waals surface area contributed by atoms with E-state index in [-0.39, 0.29) is 36.0 Å². The van der Waals surface area contributed by atoms with Crippen molar-refractivity contribution < 1.29 is 14.1 Å². The van der Waals surface area contributed by atoms with E-state index in [2.05, 4.69) is 35.0 Å². The van der Waals surface area contributed by atoms with E-state index in [0.717, 1.165) is 66.5 Å². The van der Waals surface area contributed by atoms with Gasteiger partial charge in [0.2, 0.25) is 0 Å². The van der Waals surface area contributed by atoms with Crippen LogP contribution in [0.2, 0.25) is 0 Å². The molecule has 2 heterocycles. The van der Waals surface area contributed by atoms with Crippen LogP contribution in [0.15, 0.2) is 33.8 Å². The van der Waals surface area contributed by atoms with Gasteiger partial charge in [0.05, 0.1) is 12.2 Å². The first-order chi connectivity index (χ1) is 15.1. The molecule has 1 unspecified atom stereocenters. The van der Waals surface area contributed by atoms with Gasteiger partial charge in [-0.1, -0.05) is 31.1 Å². The monoisotopic (exact) mass is 555 g/mol. The van der Waals surface area contributed by atoms with Crippen LogP contribution in [0.3, 0.4) is 0 Å². The maximum Gasteiger partial charge on any atom is 0.253 e. The van der Waals surface area contributed by atoms with Crippen LogP contribution in [0.25, 0.3) is 0 Å². The summed E-state index contributed by atoms with van der Waals surface area (Å²) in [5.41, 5.74) is 3.86. The van der Waals surface area contributed by atoms with Gasteiger partial charge in [-0.25, -0.2) is 4.99 Å². The van der Waals surface area contributed by atoms with Crippen LogP contribution in [0.4, 0.5) is 5.69 Å². The summed E-state index contributed by atoms with van der Waals surface area (Å²) in [6.07, 6.45) is 3.01. The van der Waals surface area contributed by atoms with Crippen molar-refractivity contribution in [1.29, 1.82) is 0 Å². The number of guanidine groups is 1. The number of hydrogen-bond donors (Lipinski definition) is 3. The highest BCUT2D eigenvalue weighted by Crippen LogP contribution is 2.17. The minimum Gasteiger partial charge on any atom is -0.368 e. The summed E-state index contributed by atoms with van der Waals surface area (Å²) in [5.74, 6) is 1.55. The van der Waals surface area contributed by atoms with Gasteiger partial charge in [-0.3, -0.25) is 4.79 Å². The maximum atomic E-state index is 12.3. The van der Waals surface area contributed by atoms with Crippen molar-refractivity contribution in [3.63, 3.8) is 0 Å². The largest absolute Gasteiger partial charge is 0.368 e. The van der Waals surface area contributed by atoms with E-state index in [1.807, 2.05) is 31.2 Å². The van der Waals surface area contributed by atoms with Gasteiger partial charge in [0.1, 0.15) is 11.9 Å². The normalized spacial score (nSPS) is 15.8. The lowest BCUT2D eigenvalue weighted by Crippen LogP contribution is -2.37. The Morgan fingerprint density at radius 1 is 1.22 bits per heavy atom. The summed E-state index contributed by atoms with van der Waals surface area (Å²) >= 11 is 0. The second-order valence-corrected chi connectivity index (χ2v) is 7.48. The molecule has 1 aliphatic rings. The molecule has 2 aromatic rings. The van der Waals surface area contributed by atoms with Gasteiger partial charge >= 0.3 is 0 Å². The Morgan fingerprint density at radius 2 is 2.06 bits per heavy atom. The van der Waals surface area contributed by atoms with Gasteiger partial charge in [-0.15, -0.1) is 24.0 Å². The first-order valence-electron chi connectivity index (χ1n) is 11.1. The molecule has 3 N–H and O–H groups in total. The van der Waals surface area contributed by atoms with Crippen LogP contribution in [-0.2, 0) is 35.5 Å². The number of benzene rings is 1. The maximum absolute atomic E-state index is 12.3. The molecule has 0 bridgehead atoms. The van der Waals surface area contributed by atoms with Gasteiger partial charge in [-0.05, 0) is 43.9 Å². The molecule has 1 saturated heterocycles. The molecule has 0 saturated carbocycles. The second-order valence-electron chi connectivity index (χ2n) is 7.48. The van der Waals surface area contributed by atoms with Crippen molar-refractivity contribution in [1.82, 2.24) is 15.8 Å². The van der Waals surface area contributed by atoms with Gasteiger partial charge in [-0.2, -0.15) is 0 Å². The molecule has 32 heavy (non-hydrogen) atoms. The number of aromatic nitrogens is 1. The number of carbonyl (C=O) groups excluding carboxylic acids is 1. The molecule has 1 fully saturated rings. The third-order valence-corrected chi connectivity index (χ3v) is 5.22. The Balaban J connectivity index is 0.00000363. The van der Waals surface area contributed by atoms with Gasteiger partial charge < -0.3 is 25.2 Å². The van der Waals surface area contributed by atoms with Crippen LogP contribution < -0.4 is 16.0 Å². The van der Waals surface area contributed by atoms with Crippen molar-refractivity contribution in [2.45, 2.75) is 65.6 Å². The number of anilines is 1. The number of carbonyl (C=O) groups is 1. The number of hydrogen-bond acceptors (Lipinski definition) is 5. The average molecular weight is 555 g/mol. The van der Waals surface area contributed by atoms with Crippen LogP contribution in [0.1, 0.15) is 56.2 Å². The predicted molar refractivity (Wildman–Crippen MR) is 136 cm³/mol. The van der Waals surface area contributed by atoms with Crippen molar-refractivity contribution in [3.05, 3.63) is 46.8 Å². The standard InChI is InChI=1S/C23H33N5O3.HI/c1-4-19-18(20(5-2)31-28-19)15-26-23(24-6-3)25-14-16-9-7-10-17(13-16)27-22(29)21-11-8-12-30-21;/h7,9-10,13,21H,4-6,8,11-12,14-15H2,1-3H3,(H,27,29)(H2,24,25,26);1H. The van der Waals surface area contributed by atoms with E-state index < -0.39 is 0 Å². The molecule has 1 aromatic heterocycles. The summed E-state index contributed by atoms with van der Waals surface area (Å²) in [7, 11) is 0. The zero-order valence-electron chi connectivity index (χ0n) is 19.1. The number of halogens is 1. The fourth-order valence-corrected chi connectivity index (χ4v) is 3.58. The van der Waals surface area contributed by atoms with E-state index in [1.165, 1.54) is 0 Å². The SMILES string of the molecule is CCNC(=NCc1cccc(NC(=O)C2CCCO2)c1)NCc1c(CC)noc1CC.I. The molecule has 0 radical (unpaired) electrons. The third-order valence-electron chi connectivity index (χ3n) is 5.22. The number of aliphatic imine (C=N–C) groups is 1. The Labute approximate surface area is 207 Å². The van der Waals surface area contributed by atoms with Gasteiger partial charge in [0.15, 0.2) is 5.96 Å². The number of nitrogens with zero attached hydrogens (tertiary/aromatic N) is 2. The Bertz CT molecular complexity index is 872. The Hall–Kier alpha value is -2.14. The van der Waals surface area contributed by atoms with E-state index in [4.69, 9.17) is 14.3 Å². The van der Waals surface area contributed by atoms with Gasteiger partial charge in [0.25, 0.3) is 5.91 Å². The molecule has 0 spiro atoms. The zero-order valence-corrected chi connectivity index (χ0v) is 21.4.